The maximum Gasteiger partial charge on any atom is 0.383 e. The number of alkyl halides is 4. The van der Waals surface area contributed by atoms with E-state index in [1.807, 2.05) is 0 Å². The van der Waals surface area contributed by atoms with Crippen molar-refractivity contribution < 1.29 is 32.3 Å². The largest absolute Gasteiger partial charge is 0.481 e. The second-order valence-electron chi connectivity index (χ2n) is 3.94. The van der Waals surface area contributed by atoms with Gasteiger partial charge in [-0.15, -0.1) is 0 Å². The van der Waals surface area contributed by atoms with Crippen molar-refractivity contribution in [2.24, 2.45) is 5.92 Å². The van der Waals surface area contributed by atoms with Gasteiger partial charge >= 0.3 is 18.3 Å². The van der Waals surface area contributed by atoms with Gasteiger partial charge in [-0.25, -0.2) is 8.78 Å². The molecule has 0 saturated heterocycles. The van der Waals surface area contributed by atoms with E-state index in [9.17, 15) is 27.2 Å². The molecule has 4 nitrogen and oxygen atoms in total. The van der Waals surface area contributed by atoms with Gasteiger partial charge in [0.25, 0.3) is 5.91 Å². The average molecular weight is 257 g/mol. The van der Waals surface area contributed by atoms with Gasteiger partial charge in [0.1, 0.15) is 0 Å². The first-order valence-corrected chi connectivity index (χ1v) is 4.94. The summed E-state index contributed by atoms with van der Waals surface area (Å²) in [6.45, 7) is 0. The van der Waals surface area contributed by atoms with E-state index in [0.29, 0.717) is 12.8 Å². The fourth-order valence-electron chi connectivity index (χ4n) is 1.39. The van der Waals surface area contributed by atoms with Gasteiger partial charge in [0.2, 0.25) is 0 Å². The first-order chi connectivity index (χ1) is 7.75. The van der Waals surface area contributed by atoms with E-state index in [4.69, 9.17) is 5.11 Å². The van der Waals surface area contributed by atoms with E-state index in [2.05, 4.69) is 0 Å². The van der Waals surface area contributed by atoms with Crippen LogP contribution in [0.15, 0.2) is 0 Å². The van der Waals surface area contributed by atoms with Crippen LogP contribution in [0.1, 0.15) is 19.3 Å². The molecule has 2 N–H and O–H groups in total. The molecule has 17 heavy (non-hydrogen) atoms. The van der Waals surface area contributed by atoms with Crippen molar-refractivity contribution in [3.63, 3.8) is 0 Å². The Morgan fingerprint density at radius 3 is 2.24 bits per heavy atom. The number of hydrogen-bond acceptors (Lipinski definition) is 2. The Morgan fingerprint density at radius 1 is 1.35 bits per heavy atom. The summed E-state index contributed by atoms with van der Waals surface area (Å²) >= 11 is 0. The number of hydrogen-bond donors (Lipinski definition) is 2. The number of carboxylic acids is 1. The molecule has 0 spiro atoms. The van der Waals surface area contributed by atoms with Crippen LogP contribution in [0.4, 0.5) is 17.6 Å². The van der Waals surface area contributed by atoms with Crippen molar-refractivity contribution in [1.29, 1.82) is 0 Å². The topological polar surface area (TPSA) is 66.4 Å². The first kappa shape index (κ1) is 13.7. The third kappa shape index (κ3) is 3.57. The minimum Gasteiger partial charge on any atom is -0.481 e. The number of carbonyl (C=O) groups is 2. The molecule has 1 unspecified atom stereocenters. The highest BCUT2D eigenvalue weighted by Crippen LogP contribution is 2.34. The van der Waals surface area contributed by atoms with Gasteiger partial charge in [-0.05, 0) is 18.8 Å². The number of aliphatic carboxylic acids is 1. The zero-order valence-electron chi connectivity index (χ0n) is 8.63. The molecule has 1 amide bonds. The van der Waals surface area contributed by atoms with Gasteiger partial charge in [-0.3, -0.25) is 9.59 Å². The molecule has 1 fully saturated rings. The normalized spacial score (nSPS) is 17.9. The average Bonchev–Trinajstić information content (AvgIpc) is 2.98. The Morgan fingerprint density at radius 2 is 1.88 bits per heavy atom. The zero-order valence-corrected chi connectivity index (χ0v) is 8.63. The number of halogens is 4. The predicted molar refractivity (Wildman–Crippen MR) is 47.9 cm³/mol. The van der Waals surface area contributed by atoms with Crippen LogP contribution in [0, 0.1) is 5.92 Å². The molecule has 1 aliphatic rings. The fraction of sp³-hybridized carbons (Fsp3) is 0.778. The lowest BCUT2D eigenvalue weighted by Crippen LogP contribution is -2.50. The van der Waals surface area contributed by atoms with E-state index in [1.54, 1.807) is 5.32 Å². The van der Waals surface area contributed by atoms with Crippen LogP contribution in [-0.4, -0.2) is 35.4 Å². The van der Waals surface area contributed by atoms with Gasteiger partial charge in [0.05, 0.1) is 6.42 Å². The predicted octanol–water partition coefficient (Wildman–Crippen LogP) is 1.26. The fourth-order valence-corrected chi connectivity index (χ4v) is 1.39. The molecule has 98 valence electrons. The molecule has 0 aromatic carbocycles. The summed E-state index contributed by atoms with van der Waals surface area (Å²) in [5.74, 6) is -8.40. The quantitative estimate of drug-likeness (QED) is 0.704. The summed E-state index contributed by atoms with van der Waals surface area (Å²) < 4.78 is 49.0. The van der Waals surface area contributed by atoms with E-state index >= 15 is 0 Å². The Kier molecular flexibility index (Phi) is 3.94. The number of nitrogens with one attached hydrogen (secondary N) is 1. The number of carboxylic acid groups (broad SMARTS) is 1. The second kappa shape index (κ2) is 4.89. The van der Waals surface area contributed by atoms with Gasteiger partial charge in [0, 0.05) is 6.04 Å². The van der Waals surface area contributed by atoms with E-state index < -0.39 is 36.7 Å². The van der Waals surface area contributed by atoms with E-state index in [1.165, 1.54) is 0 Å². The maximum atomic E-state index is 12.6. The highest BCUT2D eigenvalue weighted by molar-refractivity contribution is 5.84. The van der Waals surface area contributed by atoms with Gasteiger partial charge in [-0.2, -0.15) is 8.78 Å². The molecule has 8 heteroatoms. The van der Waals surface area contributed by atoms with Crippen LogP contribution >= 0.6 is 0 Å². The summed E-state index contributed by atoms with van der Waals surface area (Å²) in [6.07, 6.45) is -3.46. The lowest BCUT2D eigenvalue weighted by Gasteiger charge is -2.20. The van der Waals surface area contributed by atoms with Crippen LogP contribution in [0.2, 0.25) is 0 Å². The Balaban J connectivity index is 2.61. The minimum absolute atomic E-state index is 0.219. The third-order valence-electron chi connectivity index (χ3n) is 2.48. The molecule has 0 aromatic heterocycles. The lowest BCUT2D eigenvalue weighted by atomic mass is 10.1. The SMILES string of the molecule is O=C(O)CC(NC(=O)C(F)(F)C(F)F)C1CC1. The van der Waals surface area contributed by atoms with Crippen molar-refractivity contribution in [2.45, 2.75) is 37.7 Å². The van der Waals surface area contributed by atoms with Crippen molar-refractivity contribution in [2.75, 3.05) is 0 Å². The van der Waals surface area contributed by atoms with Gasteiger partial charge in [0.15, 0.2) is 0 Å². The molecular weight excluding hydrogens is 246 g/mol. The summed E-state index contributed by atoms with van der Waals surface area (Å²) in [5, 5.41) is 10.2. The maximum absolute atomic E-state index is 12.6. The Labute approximate surface area is 94.0 Å². The molecule has 1 aliphatic carbocycles. The molecular formula is C9H11F4NO3. The van der Waals surface area contributed by atoms with Crippen molar-refractivity contribution >= 4 is 11.9 Å². The molecule has 0 radical (unpaired) electrons. The molecule has 1 rings (SSSR count). The third-order valence-corrected chi connectivity index (χ3v) is 2.48. The monoisotopic (exact) mass is 257 g/mol. The van der Waals surface area contributed by atoms with Crippen molar-refractivity contribution in [1.82, 2.24) is 5.32 Å². The lowest BCUT2D eigenvalue weighted by molar-refractivity contribution is -0.170. The molecule has 0 bridgehead atoms. The van der Waals surface area contributed by atoms with Gasteiger partial charge in [-0.1, -0.05) is 0 Å². The summed E-state index contributed by atoms with van der Waals surface area (Å²) in [7, 11) is 0. The molecule has 0 aliphatic heterocycles. The number of rotatable bonds is 6. The second-order valence-corrected chi connectivity index (χ2v) is 3.94. The molecule has 1 saturated carbocycles. The van der Waals surface area contributed by atoms with Crippen LogP contribution in [0.25, 0.3) is 0 Å². The number of amides is 1. The Hall–Kier alpha value is -1.34. The van der Waals surface area contributed by atoms with Crippen LogP contribution in [0.5, 0.6) is 0 Å². The smallest absolute Gasteiger partial charge is 0.383 e. The highest BCUT2D eigenvalue weighted by Gasteiger charge is 2.50. The van der Waals surface area contributed by atoms with Crippen LogP contribution in [-0.2, 0) is 9.59 Å². The van der Waals surface area contributed by atoms with Crippen LogP contribution in [0.3, 0.4) is 0 Å². The number of carbonyl (C=O) groups excluding carboxylic acids is 1. The Bertz CT molecular complexity index is 317. The van der Waals surface area contributed by atoms with Crippen molar-refractivity contribution in [3.05, 3.63) is 0 Å². The molecule has 1 atom stereocenters. The molecule has 0 aromatic rings. The van der Waals surface area contributed by atoms with Crippen LogP contribution < -0.4 is 5.32 Å². The summed E-state index contributed by atoms with van der Waals surface area (Å²) in [5.41, 5.74) is 0. The standard InChI is InChI=1S/C9H11F4NO3/c10-7(11)9(12,13)8(17)14-5(3-6(15)16)4-1-2-4/h4-5,7H,1-3H2,(H,14,17)(H,15,16). The highest BCUT2D eigenvalue weighted by atomic mass is 19.3. The van der Waals surface area contributed by atoms with Gasteiger partial charge < -0.3 is 10.4 Å². The minimum atomic E-state index is -4.79. The molecule has 0 heterocycles. The van der Waals surface area contributed by atoms with E-state index in [0.717, 1.165) is 0 Å². The summed E-state index contributed by atoms with van der Waals surface area (Å²) in [4.78, 5) is 21.3. The van der Waals surface area contributed by atoms with E-state index in [-0.39, 0.29) is 5.92 Å². The first-order valence-electron chi connectivity index (χ1n) is 4.94. The summed E-state index contributed by atoms with van der Waals surface area (Å²) in [6, 6.07) is -1.01. The zero-order chi connectivity index (χ0) is 13.2. The van der Waals surface area contributed by atoms with Crippen molar-refractivity contribution in [3.8, 4) is 0 Å².